The third-order valence-corrected chi connectivity index (χ3v) is 2.66. The zero-order chi connectivity index (χ0) is 14.3. The Morgan fingerprint density at radius 2 is 1.84 bits per heavy atom. The molecule has 0 aliphatic heterocycles. The molecule has 0 heterocycles. The van der Waals surface area contributed by atoms with Gasteiger partial charge in [-0.3, -0.25) is 4.79 Å². The Morgan fingerprint density at radius 3 is 2.37 bits per heavy atom. The van der Waals surface area contributed by atoms with E-state index in [4.69, 9.17) is 10.0 Å². The van der Waals surface area contributed by atoms with Crippen LogP contribution in [0.4, 0.5) is 0 Å². The number of carbonyl (C=O) groups is 1. The molecule has 0 bridgehead atoms. The van der Waals surface area contributed by atoms with Crippen molar-refractivity contribution in [3.63, 3.8) is 0 Å². The molecular formula is C13H21BN2O3. The summed E-state index contributed by atoms with van der Waals surface area (Å²) in [5, 5.41) is 24.0. The van der Waals surface area contributed by atoms with Gasteiger partial charge < -0.3 is 20.7 Å². The highest BCUT2D eigenvalue weighted by atomic mass is 16.4. The first-order valence-corrected chi connectivity index (χ1v) is 6.48. The molecule has 0 aliphatic carbocycles. The van der Waals surface area contributed by atoms with Crippen molar-refractivity contribution >= 4 is 18.5 Å². The molecular weight excluding hydrogens is 243 g/mol. The third kappa shape index (κ3) is 5.87. The number of carbonyl (C=O) groups excluding carboxylic acids is 1. The normalized spacial score (nSPS) is 10.6. The minimum Gasteiger partial charge on any atom is -0.423 e. The summed E-state index contributed by atoms with van der Waals surface area (Å²) < 4.78 is 0. The molecule has 0 saturated heterocycles. The van der Waals surface area contributed by atoms with Crippen LogP contribution in [-0.4, -0.2) is 42.2 Å². The van der Waals surface area contributed by atoms with Crippen molar-refractivity contribution in [1.29, 1.82) is 0 Å². The molecule has 0 aliphatic rings. The van der Waals surface area contributed by atoms with Crippen molar-refractivity contribution < 1.29 is 14.8 Å². The fourth-order valence-corrected chi connectivity index (χ4v) is 1.59. The van der Waals surface area contributed by atoms with Crippen molar-refractivity contribution in [3.8, 4) is 0 Å². The Bertz CT molecular complexity index is 393. The fraction of sp³-hybridized carbons (Fsp3) is 0.462. The predicted molar refractivity (Wildman–Crippen MR) is 76.4 cm³/mol. The molecule has 5 nitrogen and oxygen atoms in total. The van der Waals surface area contributed by atoms with Crippen LogP contribution in [0.5, 0.6) is 0 Å². The highest BCUT2D eigenvalue weighted by Crippen LogP contribution is 1.97. The zero-order valence-electron chi connectivity index (χ0n) is 11.4. The predicted octanol–water partition coefficient (Wildman–Crippen LogP) is -0.516. The number of amides is 1. The highest BCUT2D eigenvalue weighted by molar-refractivity contribution is 6.58. The van der Waals surface area contributed by atoms with E-state index in [1.165, 1.54) is 12.1 Å². The van der Waals surface area contributed by atoms with Crippen molar-refractivity contribution in [2.24, 2.45) is 0 Å². The van der Waals surface area contributed by atoms with Gasteiger partial charge in [0.15, 0.2) is 0 Å². The van der Waals surface area contributed by atoms with E-state index in [0.717, 1.165) is 13.0 Å². The maximum Gasteiger partial charge on any atom is 0.488 e. The van der Waals surface area contributed by atoms with E-state index in [2.05, 4.69) is 24.5 Å². The summed E-state index contributed by atoms with van der Waals surface area (Å²) in [6.07, 6.45) is 0.872. The molecule has 1 amide bonds. The zero-order valence-corrected chi connectivity index (χ0v) is 11.4. The van der Waals surface area contributed by atoms with Crippen LogP contribution in [0.2, 0.25) is 0 Å². The Balaban J connectivity index is 2.33. The quantitative estimate of drug-likeness (QED) is 0.395. The number of hydrogen-bond acceptors (Lipinski definition) is 4. The van der Waals surface area contributed by atoms with E-state index in [-0.39, 0.29) is 5.91 Å². The molecule has 6 heteroatoms. The van der Waals surface area contributed by atoms with Gasteiger partial charge in [0.2, 0.25) is 0 Å². The Labute approximate surface area is 114 Å². The molecule has 1 aromatic carbocycles. The lowest BCUT2D eigenvalue weighted by Crippen LogP contribution is -2.31. The van der Waals surface area contributed by atoms with Gasteiger partial charge in [-0.1, -0.05) is 26.0 Å². The number of nitrogens with one attached hydrogen (secondary N) is 2. The van der Waals surface area contributed by atoms with Gasteiger partial charge in [0.25, 0.3) is 5.91 Å². The second-order valence-electron chi connectivity index (χ2n) is 4.71. The smallest absolute Gasteiger partial charge is 0.423 e. The number of hydrogen-bond donors (Lipinski definition) is 4. The van der Waals surface area contributed by atoms with Gasteiger partial charge in [-0.2, -0.15) is 0 Å². The van der Waals surface area contributed by atoms with Crippen molar-refractivity contribution in [2.75, 3.05) is 13.1 Å². The molecule has 0 spiro atoms. The molecule has 1 aromatic rings. The molecule has 0 radical (unpaired) electrons. The molecule has 0 aromatic heterocycles. The maximum absolute atomic E-state index is 11.8. The first-order valence-electron chi connectivity index (χ1n) is 6.48. The lowest BCUT2D eigenvalue weighted by atomic mass is 9.80. The topological polar surface area (TPSA) is 81.6 Å². The SMILES string of the molecule is CC(C)NCCCNC(=O)c1ccc(B(O)O)cc1. The Kier molecular flexibility index (Phi) is 6.55. The first kappa shape index (κ1) is 15.7. The highest BCUT2D eigenvalue weighted by Gasteiger charge is 2.11. The van der Waals surface area contributed by atoms with Crippen LogP contribution >= 0.6 is 0 Å². The fourth-order valence-electron chi connectivity index (χ4n) is 1.59. The maximum atomic E-state index is 11.8. The lowest BCUT2D eigenvalue weighted by Gasteiger charge is -2.09. The molecule has 0 unspecified atom stereocenters. The van der Waals surface area contributed by atoms with Crippen LogP contribution in [0.25, 0.3) is 0 Å². The average Bonchev–Trinajstić information content (AvgIpc) is 2.37. The summed E-state index contributed by atoms with van der Waals surface area (Å²) in [5.74, 6) is -0.150. The first-order chi connectivity index (χ1) is 9.00. The summed E-state index contributed by atoms with van der Waals surface area (Å²) in [6.45, 7) is 5.64. The van der Waals surface area contributed by atoms with Gasteiger partial charge in [-0.15, -0.1) is 0 Å². The van der Waals surface area contributed by atoms with Crippen molar-refractivity contribution in [3.05, 3.63) is 29.8 Å². The van der Waals surface area contributed by atoms with Gasteiger partial charge in [-0.25, -0.2) is 0 Å². The van der Waals surface area contributed by atoms with Crippen LogP contribution < -0.4 is 16.1 Å². The third-order valence-electron chi connectivity index (χ3n) is 2.66. The Hall–Kier alpha value is -1.37. The molecule has 4 N–H and O–H groups in total. The summed E-state index contributed by atoms with van der Waals surface area (Å²) >= 11 is 0. The number of rotatable bonds is 7. The van der Waals surface area contributed by atoms with Crippen LogP contribution in [-0.2, 0) is 0 Å². The van der Waals surface area contributed by atoms with Crippen molar-refractivity contribution in [2.45, 2.75) is 26.3 Å². The van der Waals surface area contributed by atoms with Gasteiger partial charge in [0.1, 0.15) is 0 Å². The largest absolute Gasteiger partial charge is 0.488 e. The van der Waals surface area contributed by atoms with E-state index in [9.17, 15) is 4.79 Å². The lowest BCUT2D eigenvalue weighted by molar-refractivity contribution is 0.0953. The minimum atomic E-state index is -1.50. The molecule has 0 fully saturated rings. The molecule has 0 saturated carbocycles. The summed E-state index contributed by atoms with van der Waals surface area (Å²) in [5.41, 5.74) is 0.888. The summed E-state index contributed by atoms with van der Waals surface area (Å²) in [6, 6.07) is 6.67. The van der Waals surface area contributed by atoms with Gasteiger partial charge in [-0.05, 0) is 30.6 Å². The molecule has 1 rings (SSSR count). The summed E-state index contributed by atoms with van der Waals surface area (Å²) in [7, 11) is -1.50. The van der Waals surface area contributed by atoms with Crippen LogP contribution in [0.3, 0.4) is 0 Å². The standard InChI is InChI=1S/C13H21BN2O3/c1-10(2)15-8-3-9-16-13(17)11-4-6-12(7-5-11)14(18)19/h4-7,10,15,18-19H,3,8-9H2,1-2H3,(H,16,17). The van der Waals surface area contributed by atoms with Gasteiger partial charge >= 0.3 is 7.12 Å². The van der Waals surface area contributed by atoms with E-state index in [1.54, 1.807) is 12.1 Å². The van der Waals surface area contributed by atoms with Gasteiger partial charge in [0, 0.05) is 18.2 Å². The molecule has 19 heavy (non-hydrogen) atoms. The van der Waals surface area contributed by atoms with Gasteiger partial charge in [0.05, 0.1) is 0 Å². The monoisotopic (exact) mass is 264 g/mol. The minimum absolute atomic E-state index is 0.150. The average molecular weight is 264 g/mol. The van der Waals surface area contributed by atoms with E-state index in [1.807, 2.05) is 0 Å². The van der Waals surface area contributed by atoms with Crippen LogP contribution in [0, 0.1) is 0 Å². The molecule has 104 valence electrons. The van der Waals surface area contributed by atoms with Crippen LogP contribution in [0.15, 0.2) is 24.3 Å². The molecule has 0 atom stereocenters. The second-order valence-corrected chi connectivity index (χ2v) is 4.71. The number of benzene rings is 1. The Morgan fingerprint density at radius 1 is 1.21 bits per heavy atom. The van der Waals surface area contributed by atoms with E-state index >= 15 is 0 Å². The van der Waals surface area contributed by atoms with E-state index < -0.39 is 7.12 Å². The van der Waals surface area contributed by atoms with Crippen molar-refractivity contribution in [1.82, 2.24) is 10.6 Å². The van der Waals surface area contributed by atoms with E-state index in [0.29, 0.717) is 23.6 Å². The summed E-state index contributed by atoms with van der Waals surface area (Å²) in [4.78, 5) is 11.8. The van der Waals surface area contributed by atoms with Crippen LogP contribution in [0.1, 0.15) is 30.6 Å². The second kappa shape index (κ2) is 7.94.